The second-order valence-corrected chi connectivity index (χ2v) is 5.77. The fourth-order valence-electron chi connectivity index (χ4n) is 1.88. The van der Waals surface area contributed by atoms with Gasteiger partial charge in [-0.2, -0.15) is 11.8 Å². The van der Waals surface area contributed by atoms with Crippen LogP contribution in [0.25, 0.3) is 0 Å². The Kier molecular flexibility index (Phi) is 4.68. The van der Waals surface area contributed by atoms with Gasteiger partial charge in [0.1, 0.15) is 11.0 Å². The molecule has 17 heavy (non-hydrogen) atoms. The summed E-state index contributed by atoms with van der Waals surface area (Å²) in [5.41, 5.74) is 0. The lowest BCUT2D eigenvalue weighted by Gasteiger charge is -2.20. The largest absolute Gasteiger partial charge is 0.311 e. The van der Waals surface area contributed by atoms with E-state index in [-0.39, 0.29) is 5.91 Å². The maximum absolute atomic E-state index is 11.8. The van der Waals surface area contributed by atoms with Crippen molar-refractivity contribution in [3.63, 3.8) is 0 Å². The minimum absolute atomic E-state index is 0.0386. The first-order chi connectivity index (χ1) is 8.24. The Balaban J connectivity index is 1.84. The molecular formula is C12H15ClN2OS. The third kappa shape index (κ3) is 4.21. The fraction of sp³-hybridized carbons (Fsp3) is 0.500. The number of carbonyl (C=O) groups excluding carboxylic acids is 1. The number of pyridine rings is 1. The molecule has 1 saturated heterocycles. The first-order valence-corrected chi connectivity index (χ1v) is 7.27. The van der Waals surface area contributed by atoms with E-state index in [1.807, 2.05) is 11.8 Å². The molecule has 1 aromatic heterocycles. The van der Waals surface area contributed by atoms with Crippen LogP contribution < -0.4 is 5.32 Å². The van der Waals surface area contributed by atoms with Crippen LogP contribution in [-0.4, -0.2) is 22.4 Å². The molecule has 0 saturated carbocycles. The van der Waals surface area contributed by atoms with Gasteiger partial charge in [0, 0.05) is 6.42 Å². The normalized spacial score (nSPS) is 16.8. The second kappa shape index (κ2) is 6.26. The van der Waals surface area contributed by atoms with Crippen molar-refractivity contribution in [3.05, 3.63) is 23.4 Å². The Morgan fingerprint density at radius 2 is 2.24 bits per heavy atom. The number of amides is 1. The van der Waals surface area contributed by atoms with Gasteiger partial charge in [-0.3, -0.25) is 4.79 Å². The van der Waals surface area contributed by atoms with Crippen LogP contribution in [0.1, 0.15) is 19.3 Å². The summed E-state index contributed by atoms with van der Waals surface area (Å²) in [6.07, 6.45) is 2.87. The van der Waals surface area contributed by atoms with E-state index < -0.39 is 0 Å². The van der Waals surface area contributed by atoms with Crippen molar-refractivity contribution in [2.75, 3.05) is 16.8 Å². The van der Waals surface area contributed by atoms with Crippen LogP contribution in [0, 0.1) is 5.92 Å². The molecule has 0 bridgehead atoms. The molecule has 1 aliphatic rings. The summed E-state index contributed by atoms with van der Waals surface area (Å²) >= 11 is 7.73. The van der Waals surface area contributed by atoms with Crippen LogP contribution in [0.2, 0.25) is 5.15 Å². The summed E-state index contributed by atoms with van der Waals surface area (Å²) in [7, 11) is 0. The molecular weight excluding hydrogens is 256 g/mol. The predicted octanol–water partition coefficient (Wildman–Crippen LogP) is 3.21. The van der Waals surface area contributed by atoms with E-state index in [2.05, 4.69) is 10.3 Å². The number of hydrogen-bond acceptors (Lipinski definition) is 3. The summed E-state index contributed by atoms with van der Waals surface area (Å²) < 4.78 is 0. The first kappa shape index (κ1) is 12.7. The van der Waals surface area contributed by atoms with Crippen LogP contribution in [0.4, 0.5) is 5.82 Å². The van der Waals surface area contributed by atoms with Crippen LogP contribution in [0.15, 0.2) is 18.2 Å². The molecule has 2 heterocycles. The minimum Gasteiger partial charge on any atom is -0.311 e. The average molecular weight is 271 g/mol. The number of thioether (sulfide) groups is 1. The zero-order valence-corrected chi connectivity index (χ0v) is 11.1. The fourth-order valence-corrected chi connectivity index (χ4v) is 3.25. The molecule has 2 rings (SSSR count). The SMILES string of the molecule is O=C(CC1CCSCC1)Nc1cccc(Cl)n1. The monoisotopic (exact) mass is 270 g/mol. The number of halogens is 1. The van der Waals surface area contributed by atoms with Gasteiger partial charge in [-0.1, -0.05) is 17.7 Å². The van der Waals surface area contributed by atoms with E-state index in [0.717, 1.165) is 12.8 Å². The minimum atomic E-state index is 0.0386. The molecule has 1 fully saturated rings. The zero-order chi connectivity index (χ0) is 12.1. The standard InChI is InChI=1S/C12H15ClN2OS/c13-10-2-1-3-11(14-10)15-12(16)8-9-4-6-17-7-5-9/h1-3,9H,4-8H2,(H,14,15,16). The van der Waals surface area contributed by atoms with E-state index in [0.29, 0.717) is 23.3 Å². The van der Waals surface area contributed by atoms with Crippen LogP contribution in [-0.2, 0) is 4.79 Å². The Labute approximate surface area is 110 Å². The van der Waals surface area contributed by atoms with Crippen LogP contribution >= 0.6 is 23.4 Å². The van der Waals surface area contributed by atoms with Crippen molar-refractivity contribution >= 4 is 35.1 Å². The number of nitrogens with zero attached hydrogens (tertiary/aromatic N) is 1. The predicted molar refractivity (Wildman–Crippen MR) is 72.5 cm³/mol. The highest BCUT2D eigenvalue weighted by Gasteiger charge is 2.17. The van der Waals surface area contributed by atoms with Gasteiger partial charge in [0.2, 0.25) is 5.91 Å². The van der Waals surface area contributed by atoms with Crippen molar-refractivity contribution in [2.24, 2.45) is 5.92 Å². The van der Waals surface area contributed by atoms with Crippen LogP contribution in [0.3, 0.4) is 0 Å². The third-order valence-corrected chi connectivity index (χ3v) is 4.06. The van der Waals surface area contributed by atoms with Crippen molar-refractivity contribution in [1.29, 1.82) is 0 Å². The maximum atomic E-state index is 11.8. The molecule has 0 unspecified atom stereocenters. The smallest absolute Gasteiger partial charge is 0.225 e. The van der Waals surface area contributed by atoms with E-state index >= 15 is 0 Å². The molecule has 1 N–H and O–H groups in total. The number of carbonyl (C=O) groups is 1. The molecule has 0 atom stereocenters. The van der Waals surface area contributed by atoms with Gasteiger partial charge in [-0.15, -0.1) is 0 Å². The van der Waals surface area contributed by atoms with E-state index in [1.165, 1.54) is 11.5 Å². The number of hydrogen-bond donors (Lipinski definition) is 1. The Morgan fingerprint density at radius 3 is 2.94 bits per heavy atom. The maximum Gasteiger partial charge on any atom is 0.225 e. The lowest BCUT2D eigenvalue weighted by atomic mass is 9.98. The number of rotatable bonds is 3. The summed E-state index contributed by atoms with van der Waals surface area (Å²) in [5.74, 6) is 3.44. The number of nitrogens with one attached hydrogen (secondary N) is 1. The second-order valence-electron chi connectivity index (χ2n) is 4.15. The molecule has 5 heteroatoms. The summed E-state index contributed by atoms with van der Waals surface area (Å²) in [6, 6.07) is 5.22. The van der Waals surface area contributed by atoms with E-state index in [1.54, 1.807) is 18.2 Å². The highest BCUT2D eigenvalue weighted by molar-refractivity contribution is 7.99. The van der Waals surface area contributed by atoms with Crippen molar-refractivity contribution in [3.8, 4) is 0 Å². The lowest BCUT2D eigenvalue weighted by Crippen LogP contribution is -2.20. The molecule has 0 radical (unpaired) electrons. The van der Waals surface area contributed by atoms with Gasteiger partial charge < -0.3 is 5.32 Å². The van der Waals surface area contributed by atoms with Gasteiger partial charge in [0.05, 0.1) is 0 Å². The molecule has 1 aromatic rings. The van der Waals surface area contributed by atoms with Gasteiger partial charge >= 0.3 is 0 Å². The quantitative estimate of drug-likeness (QED) is 0.858. The average Bonchev–Trinajstić information content (AvgIpc) is 2.30. The van der Waals surface area contributed by atoms with Gasteiger partial charge in [-0.25, -0.2) is 4.98 Å². The Bertz CT molecular complexity index is 394. The molecule has 1 aliphatic heterocycles. The third-order valence-electron chi connectivity index (χ3n) is 2.80. The van der Waals surface area contributed by atoms with E-state index in [4.69, 9.17) is 11.6 Å². The lowest BCUT2D eigenvalue weighted by molar-refractivity contribution is -0.117. The van der Waals surface area contributed by atoms with Crippen LogP contribution in [0.5, 0.6) is 0 Å². The highest BCUT2D eigenvalue weighted by Crippen LogP contribution is 2.25. The Hall–Kier alpha value is -0.740. The molecule has 0 aliphatic carbocycles. The molecule has 0 spiro atoms. The molecule has 92 valence electrons. The van der Waals surface area contributed by atoms with Gasteiger partial charge in [0.15, 0.2) is 0 Å². The highest BCUT2D eigenvalue weighted by atomic mass is 35.5. The van der Waals surface area contributed by atoms with E-state index in [9.17, 15) is 4.79 Å². The zero-order valence-electron chi connectivity index (χ0n) is 9.49. The van der Waals surface area contributed by atoms with Gasteiger partial charge in [0.25, 0.3) is 0 Å². The van der Waals surface area contributed by atoms with Crippen molar-refractivity contribution in [1.82, 2.24) is 4.98 Å². The summed E-state index contributed by atoms with van der Waals surface area (Å²) in [4.78, 5) is 15.8. The van der Waals surface area contributed by atoms with Crippen molar-refractivity contribution < 1.29 is 4.79 Å². The van der Waals surface area contributed by atoms with Gasteiger partial charge in [-0.05, 0) is 42.4 Å². The topological polar surface area (TPSA) is 42.0 Å². The van der Waals surface area contributed by atoms with Crippen molar-refractivity contribution in [2.45, 2.75) is 19.3 Å². The molecule has 1 amide bonds. The Morgan fingerprint density at radius 1 is 1.47 bits per heavy atom. The first-order valence-electron chi connectivity index (χ1n) is 5.74. The summed E-state index contributed by atoms with van der Waals surface area (Å²) in [6.45, 7) is 0. The molecule has 3 nitrogen and oxygen atoms in total. The molecule has 0 aromatic carbocycles. The number of aromatic nitrogens is 1. The number of anilines is 1. The summed E-state index contributed by atoms with van der Waals surface area (Å²) in [5, 5.41) is 3.19.